The molecular weight excluding hydrogens is 388 g/mol. The third-order valence-electron chi connectivity index (χ3n) is 3.96. The molecule has 144 valence electrons. The van der Waals surface area contributed by atoms with Gasteiger partial charge in [-0.05, 0) is 18.2 Å². The zero-order chi connectivity index (χ0) is 19.8. The molecule has 0 spiro atoms. The number of rotatable bonds is 6. The first-order valence-corrected chi connectivity index (χ1v) is 17.5. The maximum absolute atomic E-state index is 13.0. The Morgan fingerprint density at radius 3 is 1.93 bits per heavy atom. The smallest absolute Gasteiger partial charge is 0.196 e. The van der Waals surface area contributed by atoms with Crippen molar-refractivity contribution in [2.24, 2.45) is 0 Å². The van der Waals surface area contributed by atoms with Crippen LogP contribution >= 0.6 is 11.3 Å². The van der Waals surface area contributed by atoms with Crippen LogP contribution < -0.4 is 14.9 Å². The minimum atomic E-state index is -1.39. The van der Waals surface area contributed by atoms with E-state index in [4.69, 9.17) is 9.47 Å². The molecule has 0 aliphatic heterocycles. The third kappa shape index (κ3) is 5.00. The molecule has 0 aliphatic carbocycles. The molecule has 0 amide bonds. The number of hydrogen-bond donors (Lipinski definition) is 0. The van der Waals surface area contributed by atoms with Crippen LogP contribution in [0.3, 0.4) is 0 Å². The van der Waals surface area contributed by atoms with Gasteiger partial charge in [0.1, 0.15) is 0 Å². The van der Waals surface area contributed by atoms with E-state index < -0.39 is 16.1 Å². The van der Waals surface area contributed by atoms with E-state index in [0.29, 0.717) is 17.4 Å². The number of fused-ring (bicyclic) bond motifs is 2. The summed E-state index contributed by atoms with van der Waals surface area (Å²) in [5.74, 6) is 1.46. The molecular formula is C21H28O3SSi2. The first-order chi connectivity index (χ1) is 12.5. The van der Waals surface area contributed by atoms with Gasteiger partial charge in [0.25, 0.3) is 0 Å². The second-order valence-electron chi connectivity index (χ2n) is 9.42. The minimum absolute atomic E-state index is 0.0638. The summed E-state index contributed by atoms with van der Waals surface area (Å²) in [6, 6.07) is 11.7. The van der Waals surface area contributed by atoms with Crippen molar-refractivity contribution < 1.29 is 9.47 Å². The minimum Gasteiger partial charge on any atom is -0.493 e. The van der Waals surface area contributed by atoms with Crippen LogP contribution in [0.4, 0.5) is 0 Å². The maximum atomic E-state index is 13.0. The Kier molecular flexibility index (Phi) is 5.52. The predicted octanol–water partition coefficient (Wildman–Crippen LogP) is 5.93. The maximum Gasteiger partial charge on any atom is 0.196 e. The summed E-state index contributed by atoms with van der Waals surface area (Å²) in [6.07, 6.45) is 1.43. The van der Waals surface area contributed by atoms with E-state index in [1.54, 1.807) is 11.3 Å². The third-order valence-corrected chi connectivity index (χ3v) is 7.12. The van der Waals surface area contributed by atoms with Crippen molar-refractivity contribution in [2.45, 2.75) is 39.3 Å². The fourth-order valence-corrected chi connectivity index (χ4v) is 4.88. The van der Waals surface area contributed by atoms with Gasteiger partial charge in [0.2, 0.25) is 0 Å². The summed E-state index contributed by atoms with van der Waals surface area (Å²) in [5.41, 5.74) is 0.0638. The van der Waals surface area contributed by atoms with E-state index in [0.717, 1.165) is 26.8 Å². The van der Waals surface area contributed by atoms with Crippen molar-refractivity contribution in [2.75, 3.05) is 12.5 Å². The van der Waals surface area contributed by atoms with Gasteiger partial charge >= 0.3 is 0 Å². The number of hydrogen-bond acceptors (Lipinski definition) is 4. The van der Waals surface area contributed by atoms with Crippen LogP contribution in [0.2, 0.25) is 39.3 Å². The Bertz CT molecular complexity index is 1030. The molecule has 0 N–H and O–H groups in total. The van der Waals surface area contributed by atoms with E-state index in [1.165, 1.54) is 0 Å². The zero-order valence-corrected chi connectivity index (χ0v) is 19.8. The summed E-state index contributed by atoms with van der Waals surface area (Å²) in [4.78, 5) is 13.0. The van der Waals surface area contributed by atoms with Crippen molar-refractivity contribution in [3.05, 3.63) is 46.6 Å². The molecule has 0 saturated carbocycles. The highest BCUT2D eigenvalue weighted by Gasteiger charge is 2.20. The Labute approximate surface area is 167 Å². The topological polar surface area (TPSA) is 35.5 Å². The quantitative estimate of drug-likeness (QED) is 0.369. The van der Waals surface area contributed by atoms with Gasteiger partial charge in [0, 0.05) is 26.2 Å². The second-order valence-corrected chi connectivity index (χ2v) is 21.3. The summed E-state index contributed by atoms with van der Waals surface area (Å²) in [6.45, 7) is 13.6. The standard InChI is InChI=1S/C21H28O3SSi2/c1-26(2,3)13-23-17-11-16-20(12-18(17)24-14-27(4,5)6)25-19-10-8-7-9-15(19)21(16)22/h7-12H,13-14H2,1-6H3. The Hall–Kier alpha value is -1.64. The zero-order valence-electron chi connectivity index (χ0n) is 17.0. The molecule has 0 saturated heterocycles. The van der Waals surface area contributed by atoms with Crippen LogP contribution in [0.15, 0.2) is 41.2 Å². The molecule has 0 atom stereocenters. The largest absolute Gasteiger partial charge is 0.493 e. The molecule has 2 aromatic carbocycles. The highest BCUT2D eigenvalue weighted by atomic mass is 32.1. The molecule has 0 aliphatic rings. The molecule has 1 aromatic heterocycles. The predicted molar refractivity (Wildman–Crippen MR) is 123 cm³/mol. The van der Waals surface area contributed by atoms with Crippen LogP contribution in [0.5, 0.6) is 11.5 Å². The van der Waals surface area contributed by atoms with Crippen molar-refractivity contribution in [3.63, 3.8) is 0 Å². The number of ether oxygens (including phenoxy) is 2. The van der Waals surface area contributed by atoms with Crippen LogP contribution in [0.25, 0.3) is 20.2 Å². The Morgan fingerprint density at radius 2 is 1.33 bits per heavy atom. The average molecular weight is 417 g/mol. The molecule has 3 rings (SSSR count). The molecule has 3 nitrogen and oxygen atoms in total. The lowest BCUT2D eigenvalue weighted by molar-refractivity contribution is 0.322. The van der Waals surface area contributed by atoms with E-state index in [-0.39, 0.29) is 5.43 Å². The Balaban J connectivity index is 2.13. The van der Waals surface area contributed by atoms with Crippen LogP contribution in [0, 0.1) is 0 Å². The number of benzene rings is 2. The van der Waals surface area contributed by atoms with Crippen LogP contribution in [-0.4, -0.2) is 28.6 Å². The van der Waals surface area contributed by atoms with Gasteiger partial charge in [-0.15, -0.1) is 11.3 Å². The molecule has 3 aromatic rings. The summed E-state index contributed by atoms with van der Waals surface area (Å²) < 4.78 is 14.3. The second kappa shape index (κ2) is 7.41. The Morgan fingerprint density at radius 1 is 0.778 bits per heavy atom. The SMILES string of the molecule is C[Si](C)(C)COc1cc2sc3ccccc3c(=O)c2cc1OC[Si](C)(C)C. The monoisotopic (exact) mass is 416 g/mol. The van der Waals surface area contributed by atoms with Gasteiger partial charge in [0.15, 0.2) is 16.9 Å². The summed E-state index contributed by atoms with van der Waals surface area (Å²) >= 11 is 1.63. The van der Waals surface area contributed by atoms with Gasteiger partial charge in [-0.2, -0.15) is 0 Å². The fourth-order valence-electron chi connectivity index (χ4n) is 2.62. The van der Waals surface area contributed by atoms with Crippen molar-refractivity contribution in [1.29, 1.82) is 0 Å². The highest BCUT2D eigenvalue weighted by molar-refractivity contribution is 7.24. The molecule has 1 heterocycles. The molecule has 0 bridgehead atoms. The molecule has 6 heteroatoms. The van der Waals surface area contributed by atoms with Gasteiger partial charge in [0.05, 0.1) is 28.6 Å². The normalized spacial score (nSPS) is 12.5. The fraction of sp³-hybridized carbons (Fsp3) is 0.381. The van der Waals surface area contributed by atoms with E-state index in [9.17, 15) is 4.79 Å². The molecule has 0 unspecified atom stereocenters. The van der Waals surface area contributed by atoms with Crippen LogP contribution in [-0.2, 0) is 0 Å². The van der Waals surface area contributed by atoms with Crippen molar-refractivity contribution in [1.82, 2.24) is 0 Å². The molecule has 0 radical (unpaired) electrons. The van der Waals surface area contributed by atoms with Gasteiger partial charge in [-0.25, -0.2) is 0 Å². The van der Waals surface area contributed by atoms with Gasteiger partial charge in [-0.1, -0.05) is 51.4 Å². The van der Waals surface area contributed by atoms with Crippen molar-refractivity contribution in [3.8, 4) is 11.5 Å². The van der Waals surface area contributed by atoms with Gasteiger partial charge in [-0.3, -0.25) is 4.79 Å². The molecule has 0 fully saturated rings. The first kappa shape index (κ1) is 20.1. The lowest BCUT2D eigenvalue weighted by Crippen LogP contribution is -2.31. The molecule has 27 heavy (non-hydrogen) atoms. The van der Waals surface area contributed by atoms with Crippen molar-refractivity contribution >= 4 is 47.7 Å². The van der Waals surface area contributed by atoms with E-state index >= 15 is 0 Å². The average Bonchev–Trinajstić information content (AvgIpc) is 2.57. The van der Waals surface area contributed by atoms with Crippen LogP contribution in [0.1, 0.15) is 0 Å². The lowest BCUT2D eigenvalue weighted by Gasteiger charge is -2.22. The first-order valence-electron chi connectivity index (χ1n) is 9.29. The highest BCUT2D eigenvalue weighted by Crippen LogP contribution is 2.36. The lowest BCUT2D eigenvalue weighted by atomic mass is 10.1. The van der Waals surface area contributed by atoms with E-state index in [2.05, 4.69) is 39.3 Å². The van der Waals surface area contributed by atoms with E-state index in [1.807, 2.05) is 36.4 Å². The summed E-state index contributed by atoms with van der Waals surface area (Å²) in [5, 5.41) is 1.48. The van der Waals surface area contributed by atoms with Gasteiger partial charge < -0.3 is 9.47 Å². The summed E-state index contributed by atoms with van der Waals surface area (Å²) in [7, 11) is -2.76.